The Morgan fingerprint density at radius 3 is 2.28 bits per heavy atom. The fraction of sp³-hybridized carbons (Fsp3) is 0.143. The molecule has 0 aliphatic heterocycles. The van der Waals surface area contributed by atoms with Crippen LogP contribution in [0, 0.1) is 5.82 Å². The van der Waals surface area contributed by atoms with E-state index in [2.05, 4.69) is 0 Å². The van der Waals surface area contributed by atoms with E-state index in [9.17, 15) is 4.39 Å². The van der Waals surface area contributed by atoms with E-state index in [0.717, 1.165) is 11.1 Å². The monoisotopic (exact) mass is 283 g/mol. The van der Waals surface area contributed by atoms with E-state index in [-0.39, 0.29) is 5.82 Å². The van der Waals surface area contributed by atoms with Crippen LogP contribution in [0.4, 0.5) is 10.1 Å². The van der Waals surface area contributed by atoms with Gasteiger partial charge in [0.05, 0.1) is 5.69 Å². The van der Waals surface area contributed by atoms with Gasteiger partial charge in [0.1, 0.15) is 5.82 Å². The molecule has 0 aromatic heterocycles. The van der Waals surface area contributed by atoms with Gasteiger partial charge >= 0.3 is 0 Å². The Bertz CT molecular complexity index is 582. The molecule has 0 aliphatic carbocycles. The van der Waals surface area contributed by atoms with Crippen molar-refractivity contribution in [2.45, 2.75) is 0 Å². The van der Waals surface area contributed by atoms with Crippen molar-refractivity contribution in [3.8, 4) is 11.1 Å². The molecule has 18 heavy (non-hydrogen) atoms. The summed E-state index contributed by atoms with van der Waals surface area (Å²) in [7, 11) is 3.60. The Hall–Kier alpha value is -1.25. The molecule has 4 heteroatoms. The molecule has 0 saturated carbocycles. The molecule has 0 radical (unpaired) electrons. The Kier molecular flexibility index (Phi) is 3.79. The summed E-state index contributed by atoms with van der Waals surface area (Å²) < 4.78 is 13.9. The SMILES string of the molecule is CN(C)c1ccc(-c2ccc(Cl)cc2Cl)cc1F. The van der Waals surface area contributed by atoms with E-state index in [1.54, 1.807) is 43.3 Å². The van der Waals surface area contributed by atoms with Crippen molar-refractivity contribution in [1.82, 2.24) is 0 Å². The van der Waals surface area contributed by atoms with Crippen LogP contribution in [-0.2, 0) is 0 Å². The van der Waals surface area contributed by atoms with Crippen molar-refractivity contribution in [2.75, 3.05) is 19.0 Å². The highest BCUT2D eigenvalue weighted by molar-refractivity contribution is 6.36. The van der Waals surface area contributed by atoms with Gasteiger partial charge in [-0.2, -0.15) is 0 Å². The fourth-order valence-electron chi connectivity index (χ4n) is 1.76. The van der Waals surface area contributed by atoms with Crippen LogP contribution in [0.25, 0.3) is 11.1 Å². The van der Waals surface area contributed by atoms with E-state index >= 15 is 0 Å². The summed E-state index contributed by atoms with van der Waals surface area (Å²) in [6, 6.07) is 10.2. The Morgan fingerprint density at radius 1 is 1.00 bits per heavy atom. The molecule has 0 atom stereocenters. The molecule has 2 aromatic rings. The molecule has 2 rings (SSSR count). The maximum atomic E-state index is 13.9. The van der Waals surface area contributed by atoms with Crippen LogP contribution in [0.3, 0.4) is 0 Å². The van der Waals surface area contributed by atoms with E-state index < -0.39 is 0 Å². The number of benzene rings is 2. The van der Waals surface area contributed by atoms with Crippen LogP contribution in [0.2, 0.25) is 10.0 Å². The second-order valence-electron chi connectivity index (χ2n) is 4.18. The first kappa shape index (κ1) is 13.2. The second-order valence-corrected chi connectivity index (χ2v) is 5.03. The smallest absolute Gasteiger partial charge is 0.147 e. The van der Waals surface area contributed by atoms with E-state index in [1.165, 1.54) is 6.07 Å². The van der Waals surface area contributed by atoms with Crippen molar-refractivity contribution in [3.05, 3.63) is 52.3 Å². The van der Waals surface area contributed by atoms with Crippen molar-refractivity contribution < 1.29 is 4.39 Å². The van der Waals surface area contributed by atoms with Crippen molar-refractivity contribution in [3.63, 3.8) is 0 Å². The zero-order valence-corrected chi connectivity index (χ0v) is 11.6. The highest BCUT2D eigenvalue weighted by Gasteiger charge is 2.09. The van der Waals surface area contributed by atoms with Gasteiger partial charge in [0.2, 0.25) is 0 Å². The number of nitrogens with zero attached hydrogens (tertiary/aromatic N) is 1. The van der Waals surface area contributed by atoms with Crippen LogP contribution < -0.4 is 4.90 Å². The summed E-state index contributed by atoms with van der Waals surface area (Å²) in [4.78, 5) is 1.72. The molecule has 0 amide bonds. The van der Waals surface area contributed by atoms with Gasteiger partial charge in [-0.3, -0.25) is 0 Å². The summed E-state index contributed by atoms with van der Waals surface area (Å²) in [6.45, 7) is 0. The van der Waals surface area contributed by atoms with Crippen LogP contribution in [0.5, 0.6) is 0 Å². The quantitative estimate of drug-likeness (QED) is 0.760. The van der Waals surface area contributed by atoms with E-state index in [0.29, 0.717) is 15.7 Å². The zero-order chi connectivity index (χ0) is 13.3. The molecule has 0 unspecified atom stereocenters. The summed E-state index contributed by atoms with van der Waals surface area (Å²) in [5.74, 6) is -0.275. The minimum absolute atomic E-state index is 0.275. The van der Waals surface area contributed by atoms with Gasteiger partial charge in [-0.15, -0.1) is 0 Å². The summed E-state index contributed by atoms with van der Waals surface area (Å²) in [5, 5.41) is 1.08. The van der Waals surface area contributed by atoms with Gasteiger partial charge in [0, 0.05) is 29.7 Å². The van der Waals surface area contributed by atoms with Crippen LogP contribution >= 0.6 is 23.2 Å². The number of hydrogen-bond acceptors (Lipinski definition) is 1. The Labute approximate surface area is 116 Å². The predicted octanol–water partition coefficient (Wildman–Crippen LogP) is 4.87. The molecule has 0 fully saturated rings. The first-order valence-electron chi connectivity index (χ1n) is 5.41. The van der Waals surface area contributed by atoms with Gasteiger partial charge in [0.15, 0.2) is 0 Å². The maximum Gasteiger partial charge on any atom is 0.147 e. The molecule has 0 heterocycles. The molecule has 0 N–H and O–H groups in total. The van der Waals surface area contributed by atoms with Crippen LogP contribution in [0.1, 0.15) is 0 Å². The zero-order valence-electron chi connectivity index (χ0n) is 10.0. The van der Waals surface area contributed by atoms with Gasteiger partial charge in [-0.05, 0) is 29.8 Å². The Morgan fingerprint density at radius 2 is 1.72 bits per heavy atom. The van der Waals surface area contributed by atoms with Crippen LogP contribution in [0.15, 0.2) is 36.4 Å². The normalized spacial score (nSPS) is 10.5. The summed E-state index contributed by atoms with van der Waals surface area (Å²) in [5.41, 5.74) is 2.05. The molecule has 0 bridgehead atoms. The fourth-order valence-corrected chi connectivity index (χ4v) is 2.28. The molecule has 1 nitrogen and oxygen atoms in total. The third-order valence-corrected chi connectivity index (χ3v) is 3.22. The van der Waals surface area contributed by atoms with E-state index in [1.807, 2.05) is 6.07 Å². The lowest BCUT2D eigenvalue weighted by molar-refractivity contribution is 0.626. The molecule has 0 spiro atoms. The highest BCUT2D eigenvalue weighted by atomic mass is 35.5. The van der Waals surface area contributed by atoms with Gasteiger partial charge < -0.3 is 4.90 Å². The number of halogens is 3. The van der Waals surface area contributed by atoms with Gasteiger partial charge in [0.25, 0.3) is 0 Å². The lowest BCUT2D eigenvalue weighted by atomic mass is 10.0. The molecule has 94 valence electrons. The predicted molar refractivity (Wildman–Crippen MR) is 76.2 cm³/mol. The second kappa shape index (κ2) is 5.17. The third kappa shape index (κ3) is 2.60. The minimum Gasteiger partial charge on any atom is -0.375 e. The van der Waals surface area contributed by atoms with Gasteiger partial charge in [-0.25, -0.2) is 4.39 Å². The topological polar surface area (TPSA) is 3.24 Å². The summed E-state index contributed by atoms with van der Waals surface area (Å²) in [6.07, 6.45) is 0. The van der Waals surface area contributed by atoms with Gasteiger partial charge in [-0.1, -0.05) is 35.3 Å². The average Bonchev–Trinajstić information content (AvgIpc) is 2.28. The van der Waals surface area contributed by atoms with Crippen molar-refractivity contribution >= 4 is 28.9 Å². The summed E-state index contributed by atoms with van der Waals surface area (Å²) >= 11 is 11.9. The highest BCUT2D eigenvalue weighted by Crippen LogP contribution is 2.32. The van der Waals surface area contributed by atoms with Crippen molar-refractivity contribution in [2.24, 2.45) is 0 Å². The molecular weight excluding hydrogens is 272 g/mol. The molecular formula is C14H12Cl2FN. The third-order valence-electron chi connectivity index (χ3n) is 2.67. The molecule has 0 saturated heterocycles. The Balaban J connectivity index is 2.49. The first-order chi connectivity index (χ1) is 8.49. The van der Waals surface area contributed by atoms with E-state index in [4.69, 9.17) is 23.2 Å². The minimum atomic E-state index is -0.275. The number of hydrogen-bond donors (Lipinski definition) is 0. The standard InChI is InChI=1S/C14H12Cl2FN/c1-18(2)14-6-3-9(7-13(14)17)11-5-4-10(15)8-12(11)16/h3-8H,1-2H3. The maximum absolute atomic E-state index is 13.9. The largest absolute Gasteiger partial charge is 0.375 e. The number of rotatable bonds is 2. The lowest BCUT2D eigenvalue weighted by Crippen LogP contribution is -2.10. The average molecular weight is 284 g/mol. The molecule has 2 aromatic carbocycles. The van der Waals surface area contributed by atoms with Crippen LogP contribution in [-0.4, -0.2) is 14.1 Å². The first-order valence-corrected chi connectivity index (χ1v) is 6.17. The van der Waals surface area contributed by atoms with Crippen molar-refractivity contribution in [1.29, 1.82) is 0 Å². The number of anilines is 1. The lowest BCUT2D eigenvalue weighted by Gasteiger charge is -2.14. The molecule has 0 aliphatic rings.